The third-order valence-electron chi connectivity index (χ3n) is 4.53. The van der Waals surface area contributed by atoms with Crippen molar-refractivity contribution in [1.29, 1.82) is 0 Å². The minimum absolute atomic E-state index is 0.0600. The van der Waals surface area contributed by atoms with Gasteiger partial charge < -0.3 is 15.2 Å². The van der Waals surface area contributed by atoms with E-state index in [0.29, 0.717) is 23.6 Å². The first-order valence-corrected chi connectivity index (χ1v) is 10.5. The summed E-state index contributed by atoms with van der Waals surface area (Å²) in [5.41, 5.74) is 1.40. The molecule has 1 aliphatic carbocycles. The van der Waals surface area contributed by atoms with Crippen molar-refractivity contribution in [2.24, 2.45) is 0 Å². The Kier molecular flexibility index (Phi) is 5.95. The van der Waals surface area contributed by atoms with Gasteiger partial charge in [-0.25, -0.2) is 13.1 Å². The van der Waals surface area contributed by atoms with Crippen LogP contribution in [0.5, 0.6) is 5.75 Å². The lowest BCUT2D eigenvalue weighted by molar-refractivity contribution is 0.0712. The molecule has 0 atom stereocenters. The fourth-order valence-corrected chi connectivity index (χ4v) is 4.38. The molecule has 9 heteroatoms. The van der Waals surface area contributed by atoms with Gasteiger partial charge in [0.25, 0.3) is 5.91 Å². The van der Waals surface area contributed by atoms with Gasteiger partial charge in [0, 0.05) is 6.04 Å². The lowest BCUT2D eigenvalue weighted by atomic mass is 9.91. The number of aryl methyl sites for hydroxylation is 1. The molecule has 28 heavy (non-hydrogen) atoms. The van der Waals surface area contributed by atoms with Crippen LogP contribution in [-0.2, 0) is 10.0 Å². The number of ether oxygens (including phenoxy) is 1. The van der Waals surface area contributed by atoms with Gasteiger partial charge in [0.05, 0.1) is 34.4 Å². The van der Waals surface area contributed by atoms with E-state index in [2.05, 4.69) is 10.0 Å². The summed E-state index contributed by atoms with van der Waals surface area (Å²) in [4.78, 5) is 12.7. The summed E-state index contributed by atoms with van der Waals surface area (Å²) in [5.74, 6) is -0.306. The van der Waals surface area contributed by atoms with E-state index in [-0.39, 0.29) is 22.3 Å². The van der Waals surface area contributed by atoms with E-state index >= 15 is 0 Å². The van der Waals surface area contributed by atoms with Crippen LogP contribution in [0.25, 0.3) is 0 Å². The van der Waals surface area contributed by atoms with Gasteiger partial charge in [-0.15, -0.1) is 0 Å². The summed E-state index contributed by atoms with van der Waals surface area (Å²) in [6.07, 6.45) is 0.257. The fourth-order valence-electron chi connectivity index (χ4n) is 2.93. The number of benzene rings is 2. The Bertz CT molecular complexity index is 1000. The molecule has 0 bridgehead atoms. The first-order chi connectivity index (χ1) is 13.2. The number of methoxy groups -OCH3 is 1. The molecule has 0 aromatic heterocycles. The molecule has 0 radical (unpaired) electrons. The number of carbonyl (C=O) groups excluding carboxylic acids is 1. The van der Waals surface area contributed by atoms with Crippen molar-refractivity contribution in [2.45, 2.75) is 36.8 Å². The number of rotatable bonds is 6. The summed E-state index contributed by atoms with van der Waals surface area (Å²) in [5, 5.41) is 12.4. The topological polar surface area (TPSA) is 105 Å². The average Bonchev–Trinajstić information content (AvgIpc) is 2.62. The molecule has 1 fully saturated rings. The van der Waals surface area contributed by atoms with Crippen LogP contribution in [0.4, 0.5) is 5.69 Å². The Morgan fingerprint density at radius 1 is 1.21 bits per heavy atom. The largest absolute Gasteiger partial charge is 0.496 e. The molecule has 0 spiro atoms. The second-order valence-corrected chi connectivity index (χ2v) is 8.86. The van der Waals surface area contributed by atoms with Gasteiger partial charge in [0.2, 0.25) is 10.0 Å². The molecule has 0 saturated heterocycles. The van der Waals surface area contributed by atoms with Gasteiger partial charge in [-0.3, -0.25) is 4.79 Å². The predicted octanol–water partition coefficient (Wildman–Crippen LogP) is 2.71. The van der Waals surface area contributed by atoms with Crippen LogP contribution in [0, 0.1) is 6.92 Å². The highest BCUT2D eigenvalue weighted by Gasteiger charge is 2.31. The number of halogens is 1. The highest BCUT2D eigenvalue weighted by molar-refractivity contribution is 7.89. The van der Waals surface area contributed by atoms with Crippen molar-refractivity contribution in [2.75, 3.05) is 12.4 Å². The van der Waals surface area contributed by atoms with Gasteiger partial charge in [-0.1, -0.05) is 17.7 Å². The lowest BCUT2D eigenvalue weighted by Crippen LogP contribution is -2.46. The van der Waals surface area contributed by atoms with E-state index in [1.165, 1.54) is 25.3 Å². The van der Waals surface area contributed by atoms with Crippen molar-refractivity contribution >= 4 is 33.2 Å². The van der Waals surface area contributed by atoms with Gasteiger partial charge in [-0.05, 0) is 55.7 Å². The second-order valence-electron chi connectivity index (χ2n) is 6.74. The Morgan fingerprint density at radius 3 is 2.57 bits per heavy atom. The molecular formula is C19H21ClN2O5S. The molecule has 7 nitrogen and oxygen atoms in total. The Balaban J connectivity index is 1.88. The molecule has 1 amide bonds. The summed E-state index contributed by atoms with van der Waals surface area (Å²) in [6, 6.07) is 8.94. The normalized spacial score (nSPS) is 19.0. The lowest BCUT2D eigenvalue weighted by Gasteiger charge is -2.31. The number of carbonyl (C=O) groups is 1. The molecule has 2 aromatic carbocycles. The highest BCUT2D eigenvalue weighted by Crippen LogP contribution is 2.28. The number of sulfonamides is 1. The van der Waals surface area contributed by atoms with E-state index in [4.69, 9.17) is 16.3 Å². The SMILES string of the molecule is COc1ccc(S(=O)(=O)N[C@H]2C[C@H](O)C2)cc1C(=O)Nc1cc(C)ccc1Cl. The average molecular weight is 425 g/mol. The Labute approximate surface area is 168 Å². The van der Waals surface area contributed by atoms with Crippen LogP contribution in [0.1, 0.15) is 28.8 Å². The van der Waals surface area contributed by atoms with Gasteiger partial charge in [0.15, 0.2) is 0 Å². The number of aliphatic hydroxyl groups is 1. The minimum Gasteiger partial charge on any atom is -0.496 e. The first-order valence-electron chi connectivity index (χ1n) is 8.65. The number of amides is 1. The smallest absolute Gasteiger partial charge is 0.259 e. The van der Waals surface area contributed by atoms with Crippen molar-refractivity contribution in [3.05, 3.63) is 52.5 Å². The summed E-state index contributed by atoms with van der Waals surface area (Å²) < 4.78 is 32.9. The monoisotopic (exact) mass is 424 g/mol. The number of hydrogen-bond acceptors (Lipinski definition) is 5. The van der Waals surface area contributed by atoms with Gasteiger partial charge in [0.1, 0.15) is 5.75 Å². The molecular weight excluding hydrogens is 404 g/mol. The number of aliphatic hydroxyl groups excluding tert-OH is 1. The Morgan fingerprint density at radius 2 is 1.93 bits per heavy atom. The zero-order chi connectivity index (χ0) is 20.5. The molecule has 2 aromatic rings. The molecule has 3 rings (SSSR count). The van der Waals surface area contributed by atoms with E-state index < -0.39 is 22.0 Å². The van der Waals surface area contributed by atoms with E-state index in [0.717, 1.165) is 5.56 Å². The predicted molar refractivity (Wildman–Crippen MR) is 106 cm³/mol. The van der Waals surface area contributed by atoms with E-state index in [1.54, 1.807) is 12.1 Å². The van der Waals surface area contributed by atoms with Crippen molar-refractivity contribution in [3.63, 3.8) is 0 Å². The molecule has 0 aliphatic heterocycles. The quantitative estimate of drug-likeness (QED) is 0.661. The van der Waals surface area contributed by atoms with Crippen LogP contribution in [0.15, 0.2) is 41.3 Å². The van der Waals surface area contributed by atoms with Gasteiger partial charge >= 0.3 is 0 Å². The molecule has 0 heterocycles. The van der Waals surface area contributed by atoms with Crippen LogP contribution in [-0.4, -0.2) is 38.7 Å². The van der Waals surface area contributed by atoms with Crippen molar-refractivity contribution in [3.8, 4) is 5.75 Å². The maximum atomic E-state index is 12.8. The van der Waals surface area contributed by atoms with Crippen molar-refractivity contribution < 1.29 is 23.1 Å². The standard InChI is InChI=1S/C19H21ClN2O5S/c1-11-3-5-16(20)17(7-11)21-19(24)15-10-14(4-6-18(15)27-2)28(25,26)22-12-8-13(23)9-12/h3-7,10,12-13,22-23H,8-9H2,1-2H3,(H,21,24)/t12-,13-. The molecule has 150 valence electrons. The summed E-state index contributed by atoms with van der Waals surface area (Å²) in [6.45, 7) is 1.86. The second kappa shape index (κ2) is 8.08. The third-order valence-corrected chi connectivity index (χ3v) is 6.38. The summed E-state index contributed by atoms with van der Waals surface area (Å²) >= 11 is 6.12. The maximum Gasteiger partial charge on any atom is 0.259 e. The molecule has 0 unspecified atom stereocenters. The van der Waals surface area contributed by atoms with Crippen LogP contribution < -0.4 is 14.8 Å². The van der Waals surface area contributed by atoms with Crippen LogP contribution >= 0.6 is 11.6 Å². The van der Waals surface area contributed by atoms with Crippen LogP contribution in [0.3, 0.4) is 0 Å². The van der Waals surface area contributed by atoms with Crippen LogP contribution in [0.2, 0.25) is 5.02 Å². The minimum atomic E-state index is -3.84. The molecule has 1 saturated carbocycles. The summed E-state index contributed by atoms with van der Waals surface area (Å²) in [7, 11) is -2.44. The molecule has 1 aliphatic rings. The number of nitrogens with one attached hydrogen (secondary N) is 2. The molecule has 3 N–H and O–H groups in total. The van der Waals surface area contributed by atoms with Crippen molar-refractivity contribution in [1.82, 2.24) is 4.72 Å². The fraction of sp³-hybridized carbons (Fsp3) is 0.316. The number of anilines is 1. The van der Waals surface area contributed by atoms with Gasteiger partial charge in [-0.2, -0.15) is 0 Å². The highest BCUT2D eigenvalue weighted by atomic mass is 35.5. The first kappa shape index (κ1) is 20.6. The third kappa shape index (κ3) is 4.47. The number of hydrogen-bond donors (Lipinski definition) is 3. The Hall–Kier alpha value is -2.13. The zero-order valence-electron chi connectivity index (χ0n) is 15.4. The maximum absolute atomic E-state index is 12.8. The van der Waals surface area contributed by atoms with E-state index in [9.17, 15) is 18.3 Å². The zero-order valence-corrected chi connectivity index (χ0v) is 17.0. The van der Waals surface area contributed by atoms with E-state index in [1.807, 2.05) is 13.0 Å².